The number of methoxy groups -OCH3 is 1. The maximum atomic E-state index is 14.6. The van der Waals surface area contributed by atoms with Crippen LogP contribution in [0.2, 0.25) is 0 Å². The standard InChI is InChI=1S/C26H28F4N6O2S/c1-31-23(37)20-8-9-21(24(34-20)38-3)32-11-4-6-16-14-22-19(33-18-10-13-35(2)15-17(18)27)7-5-12-36(22)25(16)39-26(28,29)30/h5,7-9,12,14,17-18,32-33H,10-11,13,15H2,1-3H3,(H,31,37)/t17-,18+/m0/s1. The normalized spacial score (nSPS) is 17.8. The number of ether oxygens (including phenoxy) is 1. The van der Waals surface area contributed by atoms with Crippen LogP contribution < -0.4 is 20.7 Å². The molecule has 0 spiro atoms. The number of fused-ring (bicyclic) bond motifs is 1. The van der Waals surface area contributed by atoms with Crippen LogP contribution in [0.4, 0.5) is 28.9 Å². The van der Waals surface area contributed by atoms with Gasteiger partial charge in [0.15, 0.2) is 0 Å². The summed E-state index contributed by atoms with van der Waals surface area (Å²) < 4.78 is 61.7. The van der Waals surface area contributed by atoms with E-state index < -0.39 is 17.7 Å². The number of amides is 1. The van der Waals surface area contributed by atoms with Gasteiger partial charge in [0.05, 0.1) is 42.2 Å². The molecule has 39 heavy (non-hydrogen) atoms. The third kappa shape index (κ3) is 6.88. The van der Waals surface area contributed by atoms with Crippen LogP contribution in [0.1, 0.15) is 22.5 Å². The lowest BCUT2D eigenvalue weighted by molar-refractivity contribution is -0.0329. The van der Waals surface area contributed by atoms with E-state index in [2.05, 4.69) is 32.8 Å². The molecular weight excluding hydrogens is 536 g/mol. The molecule has 0 aromatic carbocycles. The number of nitrogens with zero attached hydrogens (tertiary/aromatic N) is 3. The van der Waals surface area contributed by atoms with E-state index in [0.29, 0.717) is 23.3 Å². The first-order valence-corrected chi connectivity index (χ1v) is 12.9. The highest BCUT2D eigenvalue weighted by Gasteiger charge is 2.33. The van der Waals surface area contributed by atoms with Crippen molar-refractivity contribution in [2.45, 2.75) is 29.2 Å². The average molecular weight is 565 g/mol. The monoisotopic (exact) mass is 564 g/mol. The van der Waals surface area contributed by atoms with Gasteiger partial charge in [-0.2, -0.15) is 13.2 Å². The molecular formula is C26H28F4N6O2S. The van der Waals surface area contributed by atoms with Gasteiger partial charge in [0.1, 0.15) is 16.9 Å². The van der Waals surface area contributed by atoms with E-state index in [1.54, 1.807) is 24.3 Å². The highest BCUT2D eigenvalue weighted by atomic mass is 32.2. The maximum Gasteiger partial charge on any atom is 0.447 e. The molecule has 2 atom stereocenters. The number of rotatable bonds is 7. The fraction of sp³-hybridized carbons (Fsp3) is 0.385. The molecule has 1 saturated heterocycles. The van der Waals surface area contributed by atoms with Gasteiger partial charge in [0.2, 0.25) is 5.88 Å². The van der Waals surface area contributed by atoms with Crippen LogP contribution in [-0.2, 0) is 0 Å². The van der Waals surface area contributed by atoms with Gasteiger partial charge in [-0.3, -0.25) is 4.79 Å². The number of anilines is 2. The Kier molecular flexibility index (Phi) is 8.76. The Morgan fingerprint density at radius 1 is 1.28 bits per heavy atom. The zero-order valence-electron chi connectivity index (χ0n) is 21.5. The fourth-order valence-electron chi connectivity index (χ4n) is 4.28. The lowest BCUT2D eigenvalue weighted by Crippen LogP contribution is -2.46. The van der Waals surface area contributed by atoms with Crippen LogP contribution in [-0.4, -0.2) is 78.8 Å². The van der Waals surface area contributed by atoms with Crippen molar-refractivity contribution in [2.75, 3.05) is 51.5 Å². The van der Waals surface area contributed by atoms with E-state index in [-0.39, 0.29) is 52.9 Å². The summed E-state index contributed by atoms with van der Waals surface area (Å²) in [6.45, 7) is 1.08. The number of hydrogen-bond donors (Lipinski definition) is 3. The van der Waals surface area contributed by atoms with E-state index in [1.807, 2.05) is 11.9 Å². The van der Waals surface area contributed by atoms with Crippen LogP contribution in [0.25, 0.3) is 5.52 Å². The highest BCUT2D eigenvalue weighted by Crippen LogP contribution is 2.40. The van der Waals surface area contributed by atoms with E-state index in [9.17, 15) is 22.4 Å². The number of halogens is 4. The first-order chi connectivity index (χ1) is 18.6. The predicted molar refractivity (Wildman–Crippen MR) is 143 cm³/mol. The number of piperidine rings is 1. The van der Waals surface area contributed by atoms with Gasteiger partial charge < -0.3 is 30.0 Å². The Balaban J connectivity index is 1.59. The molecule has 1 aliphatic rings. The van der Waals surface area contributed by atoms with Crippen LogP contribution in [0.3, 0.4) is 0 Å². The minimum Gasteiger partial charge on any atom is -0.480 e. The number of nitrogens with one attached hydrogen (secondary N) is 3. The van der Waals surface area contributed by atoms with E-state index in [4.69, 9.17) is 4.74 Å². The quantitative estimate of drug-likeness (QED) is 0.225. The zero-order chi connectivity index (χ0) is 28.2. The minimum absolute atomic E-state index is 0.0733. The molecule has 4 heterocycles. The average Bonchev–Trinajstić information content (AvgIpc) is 3.24. The minimum atomic E-state index is -4.53. The summed E-state index contributed by atoms with van der Waals surface area (Å²) in [5.74, 6) is 5.48. The maximum absolute atomic E-state index is 14.6. The summed E-state index contributed by atoms with van der Waals surface area (Å²) in [5.41, 5.74) is -2.69. The summed E-state index contributed by atoms with van der Waals surface area (Å²) in [4.78, 5) is 17.8. The van der Waals surface area contributed by atoms with Gasteiger partial charge in [0.25, 0.3) is 5.91 Å². The van der Waals surface area contributed by atoms with Gasteiger partial charge >= 0.3 is 5.51 Å². The van der Waals surface area contributed by atoms with E-state index >= 15 is 0 Å². The molecule has 1 fully saturated rings. The second-order valence-corrected chi connectivity index (χ2v) is 9.95. The largest absolute Gasteiger partial charge is 0.480 e. The first-order valence-electron chi connectivity index (χ1n) is 12.1. The molecule has 208 valence electrons. The molecule has 1 amide bonds. The molecule has 1 aliphatic heterocycles. The lowest BCUT2D eigenvalue weighted by Gasteiger charge is -2.33. The number of pyridine rings is 2. The molecule has 13 heteroatoms. The third-order valence-electron chi connectivity index (χ3n) is 6.17. The summed E-state index contributed by atoms with van der Waals surface area (Å²) in [7, 11) is 4.74. The number of hydrogen-bond acceptors (Lipinski definition) is 7. The van der Waals surface area contributed by atoms with Crippen molar-refractivity contribution in [1.29, 1.82) is 0 Å². The smallest absolute Gasteiger partial charge is 0.447 e. The van der Waals surface area contributed by atoms with Crippen LogP contribution in [0.5, 0.6) is 5.88 Å². The summed E-state index contributed by atoms with van der Waals surface area (Å²) >= 11 is -0.250. The number of carbonyl (C=O) groups excluding carboxylic acids is 1. The molecule has 0 radical (unpaired) electrons. The van der Waals surface area contributed by atoms with Crippen molar-refractivity contribution < 1.29 is 27.1 Å². The zero-order valence-corrected chi connectivity index (χ0v) is 22.3. The predicted octanol–water partition coefficient (Wildman–Crippen LogP) is 4.23. The Morgan fingerprint density at radius 3 is 2.77 bits per heavy atom. The summed E-state index contributed by atoms with van der Waals surface area (Å²) in [5, 5.41) is 8.60. The van der Waals surface area contributed by atoms with Crippen molar-refractivity contribution in [2.24, 2.45) is 0 Å². The van der Waals surface area contributed by atoms with Crippen molar-refractivity contribution in [3.8, 4) is 17.7 Å². The van der Waals surface area contributed by atoms with Crippen molar-refractivity contribution in [3.05, 3.63) is 47.8 Å². The lowest BCUT2D eigenvalue weighted by atomic mass is 10.0. The molecule has 0 aliphatic carbocycles. The molecule has 3 aromatic heterocycles. The SMILES string of the molecule is CNC(=O)c1ccc(NCC#Cc2cc3c(N[C@@H]4CCN(C)C[C@@H]4F)cccn3c2SC(F)(F)F)c(OC)n1. The molecule has 0 unspecified atom stereocenters. The molecule has 0 bridgehead atoms. The number of likely N-dealkylation sites (tertiary alicyclic amines) is 1. The van der Waals surface area contributed by atoms with Crippen molar-refractivity contribution in [3.63, 3.8) is 0 Å². The van der Waals surface area contributed by atoms with Crippen molar-refractivity contribution in [1.82, 2.24) is 19.6 Å². The molecule has 4 rings (SSSR count). The molecule has 0 saturated carbocycles. The number of aromatic nitrogens is 2. The second-order valence-electron chi connectivity index (χ2n) is 8.89. The fourth-order valence-corrected chi connectivity index (χ4v) is 4.98. The van der Waals surface area contributed by atoms with Crippen LogP contribution in [0.15, 0.2) is 41.6 Å². The van der Waals surface area contributed by atoms with Gasteiger partial charge in [-0.15, -0.1) is 0 Å². The Hall–Kier alpha value is -3.63. The Labute approximate surface area is 227 Å². The first kappa shape index (κ1) is 28.4. The Morgan fingerprint density at radius 2 is 2.08 bits per heavy atom. The van der Waals surface area contributed by atoms with Crippen LogP contribution in [0, 0.1) is 11.8 Å². The summed E-state index contributed by atoms with van der Waals surface area (Å²) in [6, 6.07) is 7.59. The summed E-state index contributed by atoms with van der Waals surface area (Å²) in [6.07, 6.45) is 0.999. The highest BCUT2D eigenvalue weighted by molar-refractivity contribution is 8.00. The molecule has 3 aromatic rings. The van der Waals surface area contributed by atoms with Gasteiger partial charge in [-0.1, -0.05) is 11.8 Å². The van der Waals surface area contributed by atoms with Crippen LogP contribution >= 0.6 is 11.8 Å². The number of carbonyl (C=O) groups is 1. The van der Waals surface area contributed by atoms with E-state index in [0.717, 1.165) is 6.54 Å². The van der Waals surface area contributed by atoms with Gasteiger partial charge in [0, 0.05) is 38.1 Å². The molecule has 8 nitrogen and oxygen atoms in total. The topological polar surface area (TPSA) is 82.9 Å². The number of alkyl halides is 4. The number of thioether (sulfide) groups is 1. The molecule has 3 N–H and O–H groups in total. The van der Waals surface area contributed by atoms with Crippen molar-refractivity contribution >= 4 is 34.6 Å². The second kappa shape index (κ2) is 12.0. The van der Waals surface area contributed by atoms with E-state index in [1.165, 1.54) is 30.8 Å². The van der Waals surface area contributed by atoms with Gasteiger partial charge in [-0.25, -0.2) is 9.37 Å². The Bertz CT molecular complexity index is 1400. The van der Waals surface area contributed by atoms with Gasteiger partial charge in [-0.05, 0) is 43.8 Å². The third-order valence-corrected chi connectivity index (χ3v) is 7.01.